The number of rotatable bonds is 5. The van der Waals surface area contributed by atoms with E-state index in [9.17, 15) is 10.1 Å². The molecule has 2 aromatic rings. The number of benzene rings is 2. The van der Waals surface area contributed by atoms with Crippen molar-refractivity contribution in [1.82, 2.24) is 0 Å². The van der Waals surface area contributed by atoms with Crippen LogP contribution in [0.2, 0.25) is 0 Å². The largest absolute Gasteiger partial charge is 0.494 e. The van der Waals surface area contributed by atoms with E-state index in [4.69, 9.17) is 14.7 Å². The Morgan fingerprint density at radius 1 is 1.19 bits per heavy atom. The first-order chi connectivity index (χ1) is 10.1. The summed E-state index contributed by atoms with van der Waals surface area (Å²) in [5.41, 5.74) is -0.0383. The zero-order valence-corrected chi connectivity index (χ0v) is 11.3. The monoisotopic (exact) mass is 284 g/mol. The van der Waals surface area contributed by atoms with Gasteiger partial charge in [-0.05, 0) is 37.3 Å². The maximum atomic E-state index is 10.7. The van der Waals surface area contributed by atoms with Crippen LogP contribution in [0.1, 0.15) is 12.5 Å². The minimum atomic E-state index is -0.554. The zero-order valence-electron chi connectivity index (χ0n) is 11.3. The lowest BCUT2D eigenvalue weighted by Crippen LogP contribution is -1.93. The van der Waals surface area contributed by atoms with E-state index in [1.54, 1.807) is 24.3 Å². The molecule has 2 rings (SSSR count). The van der Waals surface area contributed by atoms with Gasteiger partial charge in [0.2, 0.25) is 0 Å². The molecule has 0 fully saturated rings. The second-order valence-corrected chi connectivity index (χ2v) is 4.06. The minimum absolute atomic E-state index is 0.109. The first-order valence-electron chi connectivity index (χ1n) is 6.23. The smallest absolute Gasteiger partial charge is 0.271 e. The average Bonchev–Trinajstić information content (AvgIpc) is 2.49. The van der Waals surface area contributed by atoms with Gasteiger partial charge in [0.1, 0.15) is 28.9 Å². The van der Waals surface area contributed by atoms with Gasteiger partial charge in [-0.15, -0.1) is 0 Å². The Labute approximate surface area is 121 Å². The maximum Gasteiger partial charge on any atom is 0.271 e. The van der Waals surface area contributed by atoms with Crippen LogP contribution >= 0.6 is 0 Å². The van der Waals surface area contributed by atoms with E-state index in [1.807, 2.05) is 13.0 Å². The van der Waals surface area contributed by atoms with E-state index in [1.165, 1.54) is 18.2 Å². The Hall–Kier alpha value is -3.07. The predicted molar refractivity (Wildman–Crippen MR) is 75.5 cm³/mol. The van der Waals surface area contributed by atoms with E-state index in [0.29, 0.717) is 18.1 Å². The van der Waals surface area contributed by atoms with Crippen LogP contribution in [0.3, 0.4) is 0 Å². The van der Waals surface area contributed by atoms with Crippen LogP contribution in [0.25, 0.3) is 0 Å². The second-order valence-electron chi connectivity index (χ2n) is 4.06. The SMILES string of the molecule is CCOc1ccc(Oc2ccc([N+](=O)[O-])cc2C#N)cc1. The third-order valence-corrected chi connectivity index (χ3v) is 2.66. The summed E-state index contributed by atoms with van der Waals surface area (Å²) >= 11 is 0. The van der Waals surface area contributed by atoms with E-state index in [2.05, 4.69) is 0 Å². The molecule has 0 unspecified atom stereocenters. The molecule has 0 aliphatic carbocycles. The molecule has 0 amide bonds. The molecule has 2 aromatic carbocycles. The van der Waals surface area contributed by atoms with Gasteiger partial charge < -0.3 is 9.47 Å². The van der Waals surface area contributed by atoms with Gasteiger partial charge in [-0.2, -0.15) is 5.26 Å². The molecule has 21 heavy (non-hydrogen) atoms. The summed E-state index contributed by atoms with van der Waals surface area (Å²) in [5, 5.41) is 19.7. The van der Waals surface area contributed by atoms with Crippen molar-refractivity contribution in [3.05, 3.63) is 58.1 Å². The fraction of sp³-hybridized carbons (Fsp3) is 0.133. The molecule has 6 nitrogen and oxygen atoms in total. The zero-order chi connectivity index (χ0) is 15.2. The van der Waals surface area contributed by atoms with Crippen molar-refractivity contribution in [2.24, 2.45) is 0 Å². The van der Waals surface area contributed by atoms with Gasteiger partial charge in [0.25, 0.3) is 5.69 Å². The van der Waals surface area contributed by atoms with Gasteiger partial charge in [0, 0.05) is 12.1 Å². The predicted octanol–water partition coefficient (Wildman–Crippen LogP) is 3.66. The number of ether oxygens (including phenoxy) is 2. The summed E-state index contributed by atoms with van der Waals surface area (Å²) in [6, 6.07) is 12.7. The van der Waals surface area contributed by atoms with Gasteiger partial charge in [-0.25, -0.2) is 0 Å². The molecule has 6 heteroatoms. The summed E-state index contributed by atoms with van der Waals surface area (Å²) in [6.07, 6.45) is 0. The molecule has 0 radical (unpaired) electrons. The number of nitriles is 1. The van der Waals surface area contributed by atoms with Crippen LogP contribution in [0.5, 0.6) is 17.2 Å². The number of nitro benzene ring substituents is 1. The van der Waals surface area contributed by atoms with Crippen LogP contribution in [0, 0.1) is 21.4 Å². The third kappa shape index (κ3) is 3.48. The van der Waals surface area contributed by atoms with E-state index >= 15 is 0 Å². The molecule has 0 bridgehead atoms. The van der Waals surface area contributed by atoms with E-state index in [0.717, 1.165) is 0 Å². The van der Waals surface area contributed by atoms with Crippen LogP contribution in [0.4, 0.5) is 5.69 Å². The topological polar surface area (TPSA) is 85.4 Å². The van der Waals surface area contributed by atoms with Crippen molar-refractivity contribution >= 4 is 5.69 Å². The van der Waals surface area contributed by atoms with Crippen LogP contribution < -0.4 is 9.47 Å². The molecule has 0 spiro atoms. The van der Waals surface area contributed by atoms with Gasteiger partial charge in [-0.1, -0.05) is 0 Å². The molecule has 0 saturated carbocycles. The third-order valence-electron chi connectivity index (χ3n) is 2.66. The van der Waals surface area contributed by atoms with Crippen molar-refractivity contribution in [1.29, 1.82) is 5.26 Å². The highest BCUT2D eigenvalue weighted by molar-refractivity contribution is 5.51. The molecule has 0 N–H and O–H groups in total. The fourth-order valence-electron chi connectivity index (χ4n) is 1.71. The number of nitro groups is 1. The molecular weight excluding hydrogens is 272 g/mol. The minimum Gasteiger partial charge on any atom is -0.494 e. The first-order valence-corrected chi connectivity index (χ1v) is 6.23. The van der Waals surface area contributed by atoms with Crippen molar-refractivity contribution in [3.8, 4) is 23.3 Å². The summed E-state index contributed by atoms with van der Waals surface area (Å²) in [7, 11) is 0. The summed E-state index contributed by atoms with van der Waals surface area (Å²) in [5.74, 6) is 1.50. The molecule has 106 valence electrons. The van der Waals surface area contributed by atoms with Crippen LogP contribution in [0.15, 0.2) is 42.5 Å². The number of non-ortho nitro benzene ring substituents is 1. The van der Waals surface area contributed by atoms with Gasteiger partial charge >= 0.3 is 0 Å². The van der Waals surface area contributed by atoms with Crippen LogP contribution in [-0.4, -0.2) is 11.5 Å². The summed E-state index contributed by atoms with van der Waals surface area (Å²) < 4.78 is 10.9. The molecular formula is C15H12N2O4. The summed E-state index contributed by atoms with van der Waals surface area (Å²) in [6.45, 7) is 2.46. The quantitative estimate of drug-likeness (QED) is 0.617. The fourth-order valence-corrected chi connectivity index (χ4v) is 1.71. The number of nitrogens with zero attached hydrogens (tertiary/aromatic N) is 2. The highest BCUT2D eigenvalue weighted by Crippen LogP contribution is 2.29. The lowest BCUT2D eigenvalue weighted by molar-refractivity contribution is -0.384. The van der Waals surface area contributed by atoms with E-state index < -0.39 is 4.92 Å². The first kappa shape index (κ1) is 14.3. The number of hydrogen-bond donors (Lipinski definition) is 0. The van der Waals surface area contributed by atoms with Crippen molar-refractivity contribution in [2.45, 2.75) is 6.92 Å². The standard InChI is InChI=1S/C15H12N2O4/c1-2-20-13-4-6-14(7-5-13)21-15-8-3-12(17(18)19)9-11(15)10-16/h3-9H,2H2,1H3. The van der Waals surface area contributed by atoms with Gasteiger partial charge in [0.05, 0.1) is 11.5 Å². The Morgan fingerprint density at radius 3 is 2.43 bits per heavy atom. The van der Waals surface area contributed by atoms with Crippen molar-refractivity contribution in [2.75, 3.05) is 6.61 Å². The molecule has 0 aliphatic heterocycles. The Kier molecular flexibility index (Phi) is 4.36. The van der Waals surface area contributed by atoms with Crippen molar-refractivity contribution in [3.63, 3.8) is 0 Å². The summed E-state index contributed by atoms with van der Waals surface area (Å²) in [4.78, 5) is 10.1. The van der Waals surface area contributed by atoms with Gasteiger partial charge in [-0.3, -0.25) is 10.1 Å². The highest BCUT2D eigenvalue weighted by Gasteiger charge is 2.12. The van der Waals surface area contributed by atoms with Crippen LogP contribution in [-0.2, 0) is 0 Å². The average molecular weight is 284 g/mol. The Morgan fingerprint density at radius 2 is 1.86 bits per heavy atom. The van der Waals surface area contributed by atoms with Gasteiger partial charge in [0.15, 0.2) is 0 Å². The molecule has 0 atom stereocenters. The Bertz CT molecular complexity index is 690. The molecule has 0 heterocycles. The lowest BCUT2D eigenvalue weighted by Gasteiger charge is -2.08. The molecule has 0 aromatic heterocycles. The maximum absolute atomic E-state index is 10.7. The molecule has 0 aliphatic rings. The lowest BCUT2D eigenvalue weighted by atomic mass is 10.2. The van der Waals surface area contributed by atoms with Crippen molar-refractivity contribution < 1.29 is 14.4 Å². The molecule has 0 saturated heterocycles. The van der Waals surface area contributed by atoms with E-state index in [-0.39, 0.29) is 17.0 Å². The Balaban J connectivity index is 2.23. The normalized spacial score (nSPS) is 9.71. The highest BCUT2D eigenvalue weighted by atomic mass is 16.6. The number of hydrogen-bond acceptors (Lipinski definition) is 5. The second kappa shape index (κ2) is 6.39.